The Morgan fingerprint density at radius 1 is 0.917 bits per heavy atom. The van der Waals surface area contributed by atoms with E-state index in [0.29, 0.717) is 23.5 Å². The molecular weight excluding hydrogens is 482 g/mol. The summed E-state index contributed by atoms with van der Waals surface area (Å²) in [6, 6.07) is 10.4. The topological polar surface area (TPSA) is 108 Å². The third-order valence-electron chi connectivity index (χ3n) is 8.02. The largest absolute Gasteiger partial charge is 0.493 e. The number of para-hydroxylation sites is 1. The van der Waals surface area contributed by atoms with Gasteiger partial charge in [0.15, 0.2) is 23.9 Å². The Labute approximate surface area is 211 Å². The minimum atomic E-state index is -4.05. The molecule has 192 valence electrons. The maximum Gasteiger partial charge on any atom is 0.340 e. The van der Waals surface area contributed by atoms with Crippen LogP contribution in [-0.4, -0.2) is 41.0 Å². The lowest BCUT2D eigenvalue weighted by Crippen LogP contribution is -2.51. The van der Waals surface area contributed by atoms with Crippen LogP contribution in [0.1, 0.15) is 48.9 Å². The smallest absolute Gasteiger partial charge is 0.340 e. The monoisotopic (exact) mass is 513 g/mol. The van der Waals surface area contributed by atoms with Gasteiger partial charge in [-0.25, -0.2) is 13.2 Å². The number of hydrogen-bond acceptors (Lipinski definition) is 7. The molecule has 0 atom stereocenters. The number of nitrogens with one attached hydrogen (secondary N) is 1. The van der Waals surface area contributed by atoms with E-state index in [1.54, 1.807) is 12.1 Å². The van der Waals surface area contributed by atoms with E-state index in [1.165, 1.54) is 63.8 Å². The van der Waals surface area contributed by atoms with E-state index in [4.69, 9.17) is 14.2 Å². The number of benzene rings is 2. The van der Waals surface area contributed by atoms with Crippen LogP contribution in [0.4, 0.5) is 5.69 Å². The molecule has 9 heteroatoms. The zero-order valence-electron chi connectivity index (χ0n) is 20.5. The Hall–Kier alpha value is -3.07. The summed E-state index contributed by atoms with van der Waals surface area (Å²) in [6.45, 7) is -0.290. The Balaban J connectivity index is 1.29. The summed E-state index contributed by atoms with van der Waals surface area (Å²) in [6.07, 6.45) is 6.37. The van der Waals surface area contributed by atoms with Gasteiger partial charge in [0.2, 0.25) is 0 Å². The van der Waals surface area contributed by atoms with Crippen LogP contribution in [0.2, 0.25) is 0 Å². The Kier molecular flexibility index (Phi) is 6.44. The molecule has 36 heavy (non-hydrogen) atoms. The quantitative estimate of drug-likeness (QED) is 0.494. The normalized spacial score (nSPS) is 26.3. The highest BCUT2D eigenvalue weighted by molar-refractivity contribution is 7.92. The van der Waals surface area contributed by atoms with Crippen LogP contribution in [0.5, 0.6) is 11.5 Å². The highest BCUT2D eigenvalue weighted by atomic mass is 32.2. The highest BCUT2D eigenvalue weighted by Gasteiger charge is 2.54. The maximum absolute atomic E-state index is 13.2. The van der Waals surface area contributed by atoms with Crippen LogP contribution in [0.25, 0.3) is 0 Å². The lowest BCUT2D eigenvalue weighted by molar-refractivity contribution is -0.147. The van der Waals surface area contributed by atoms with Crippen LogP contribution in [0.15, 0.2) is 47.4 Å². The van der Waals surface area contributed by atoms with Gasteiger partial charge in [-0.3, -0.25) is 9.52 Å². The van der Waals surface area contributed by atoms with E-state index < -0.39 is 16.0 Å². The van der Waals surface area contributed by atoms with Gasteiger partial charge in [-0.1, -0.05) is 12.1 Å². The molecule has 2 aromatic carbocycles. The van der Waals surface area contributed by atoms with E-state index in [2.05, 4.69) is 4.72 Å². The second-order valence-electron chi connectivity index (χ2n) is 10.4. The van der Waals surface area contributed by atoms with Crippen molar-refractivity contribution in [1.29, 1.82) is 0 Å². The van der Waals surface area contributed by atoms with Crippen molar-refractivity contribution in [2.75, 3.05) is 25.5 Å². The standard InChI is InChI=1S/C27H31NO7S/c1-33-23-8-7-20(12-24(23)34-2)36(31,32)28-22-6-4-3-5-21(22)26(30)35-16-25(29)27-13-17-9-18(14-27)11-19(10-17)15-27/h3-8,12,17-19,28H,9-11,13-16H2,1-2H3. The number of ketones is 1. The molecule has 4 fully saturated rings. The predicted octanol–water partition coefficient (Wildman–Crippen LogP) is 4.45. The summed E-state index contributed by atoms with van der Waals surface area (Å²) in [4.78, 5) is 26.1. The molecular formula is C27H31NO7S. The van der Waals surface area contributed by atoms with Gasteiger partial charge in [-0.2, -0.15) is 0 Å². The van der Waals surface area contributed by atoms with Gasteiger partial charge in [-0.05, 0) is 80.5 Å². The van der Waals surface area contributed by atoms with E-state index in [-0.39, 0.29) is 39.7 Å². The van der Waals surface area contributed by atoms with Crippen molar-refractivity contribution < 1.29 is 32.2 Å². The number of carbonyl (C=O) groups is 2. The zero-order chi connectivity index (χ0) is 25.5. The van der Waals surface area contributed by atoms with Gasteiger partial charge in [0, 0.05) is 11.5 Å². The summed E-state index contributed by atoms with van der Waals surface area (Å²) in [7, 11) is -1.18. The highest BCUT2D eigenvalue weighted by Crippen LogP contribution is 2.60. The molecule has 0 radical (unpaired) electrons. The number of sulfonamides is 1. The molecule has 4 bridgehead atoms. The van der Waals surface area contributed by atoms with Gasteiger partial charge < -0.3 is 14.2 Å². The molecule has 0 saturated heterocycles. The van der Waals surface area contributed by atoms with E-state index >= 15 is 0 Å². The van der Waals surface area contributed by atoms with E-state index in [1.807, 2.05) is 0 Å². The number of Topliss-reactive ketones (excluding diaryl/α,β-unsaturated/α-hetero) is 1. The molecule has 4 saturated carbocycles. The van der Waals surface area contributed by atoms with Crippen molar-refractivity contribution in [3.63, 3.8) is 0 Å². The second kappa shape index (κ2) is 9.42. The van der Waals surface area contributed by atoms with E-state index in [9.17, 15) is 18.0 Å². The first-order valence-electron chi connectivity index (χ1n) is 12.3. The molecule has 0 spiro atoms. The summed E-state index contributed by atoms with van der Waals surface area (Å²) in [5.41, 5.74) is -0.247. The van der Waals surface area contributed by atoms with E-state index in [0.717, 1.165) is 19.3 Å². The molecule has 4 aliphatic carbocycles. The average Bonchev–Trinajstić information content (AvgIpc) is 2.85. The molecule has 1 N–H and O–H groups in total. The Bertz CT molecular complexity index is 1250. The van der Waals surface area contributed by atoms with Gasteiger partial charge in [0.05, 0.1) is 30.4 Å². The van der Waals surface area contributed by atoms with Gasteiger partial charge in [-0.15, -0.1) is 0 Å². The molecule has 0 unspecified atom stereocenters. The lowest BCUT2D eigenvalue weighted by atomic mass is 9.48. The van der Waals surface area contributed by atoms with Crippen molar-refractivity contribution in [3.8, 4) is 11.5 Å². The van der Waals surface area contributed by atoms with Crippen LogP contribution < -0.4 is 14.2 Å². The summed E-state index contributed by atoms with van der Waals surface area (Å²) in [5.74, 6) is 1.75. The maximum atomic E-state index is 13.2. The first-order chi connectivity index (χ1) is 17.2. The molecule has 0 heterocycles. The lowest BCUT2D eigenvalue weighted by Gasteiger charge is -2.55. The van der Waals surface area contributed by atoms with Gasteiger partial charge >= 0.3 is 5.97 Å². The fourth-order valence-corrected chi connectivity index (χ4v) is 7.85. The summed E-state index contributed by atoms with van der Waals surface area (Å²) in [5, 5.41) is 0. The van der Waals surface area contributed by atoms with Crippen LogP contribution in [0.3, 0.4) is 0 Å². The number of esters is 1. The number of rotatable bonds is 9. The molecule has 0 amide bonds. The van der Waals surface area contributed by atoms with Gasteiger partial charge in [0.25, 0.3) is 10.0 Å². The number of hydrogen-bond donors (Lipinski definition) is 1. The third-order valence-corrected chi connectivity index (χ3v) is 9.38. The molecule has 8 nitrogen and oxygen atoms in total. The molecule has 2 aromatic rings. The molecule has 0 aromatic heterocycles. The fourth-order valence-electron chi connectivity index (χ4n) is 6.75. The predicted molar refractivity (Wildman–Crippen MR) is 133 cm³/mol. The van der Waals surface area contributed by atoms with Crippen LogP contribution in [-0.2, 0) is 19.6 Å². The SMILES string of the molecule is COc1ccc(S(=O)(=O)Nc2ccccc2C(=O)OCC(=O)C23CC4CC(CC(C4)C2)C3)cc1OC. The van der Waals surface area contributed by atoms with Crippen molar-refractivity contribution in [2.24, 2.45) is 23.2 Å². The minimum Gasteiger partial charge on any atom is -0.493 e. The summed E-state index contributed by atoms with van der Waals surface area (Å²) < 4.78 is 44.4. The third kappa shape index (κ3) is 4.56. The summed E-state index contributed by atoms with van der Waals surface area (Å²) >= 11 is 0. The molecule has 0 aliphatic heterocycles. The number of carbonyl (C=O) groups excluding carboxylic acids is 2. The first kappa shape index (κ1) is 24.6. The first-order valence-corrected chi connectivity index (χ1v) is 13.8. The van der Waals surface area contributed by atoms with Gasteiger partial charge in [0.1, 0.15) is 0 Å². The second-order valence-corrected chi connectivity index (χ2v) is 12.0. The fraction of sp³-hybridized carbons (Fsp3) is 0.481. The van der Waals surface area contributed by atoms with Crippen molar-refractivity contribution in [2.45, 2.75) is 43.4 Å². The molecule has 4 aliphatic rings. The number of anilines is 1. The molecule has 6 rings (SSSR count). The average molecular weight is 514 g/mol. The zero-order valence-corrected chi connectivity index (χ0v) is 21.3. The van der Waals surface area contributed by atoms with Crippen molar-refractivity contribution in [3.05, 3.63) is 48.0 Å². The van der Waals surface area contributed by atoms with Crippen molar-refractivity contribution in [1.82, 2.24) is 0 Å². The van der Waals surface area contributed by atoms with Crippen LogP contribution in [0, 0.1) is 23.2 Å². The number of ether oxygens (including phenoxy) is 3. The number of methoxy groups -OCH3 is 2. The van der Waals surface area contributed by atoms with Crippen LogP contribution >= 0.6 is 0 Å². The Morgan fingerprint density at radius 3 is 2.14 bits per heavy atom. The van der Waals surface area contributed by atoms with Crippen molar-refractivity contribution >= 4 is 27.5 Å². The Morgan fingerprint density at radius 2 is 1.53 bits per heavy atom. The minimum absolute atomic E-state index is 0.00154.